The van der Waals surface area contributed by atoms with Gasteiger partial charge in [-0.3, -0.25) is 4.90 Å². The summed E-state index contributed by atoms with van der Waals surface area (Å²) < 4.78 is 5.25. The van der Waals surface area contributed by atoms with Crippen LogP contribution in [0.1, 0.15) is 12.5 Å². The van der Waals surface area contributed by atoms with Crippen molar-refractivity contribution in [3.8, 4) is 5.75 Å². The largest absolute Gasteiger partial charge is 0.412 e. The summed E-state index contributed by atoms with van der Waals surface area (Å²) in [5.41, 5.74) is 2.10. The number of carbonyl (C=O) groups excluding carboxylic acids is 1. The van der Waals surface area contributed by atoms with Gasteiger partial charge in [-0.15, -0.1) is 11.6 Å². The lowest BCUT2D eigenvalue weighted by molar-refractivity contribution is 0.203. The second-order valence-electron chi connectivity index (χ2n) is 5.99. The maximum atomic E-state index is 11.4. The molecule has 21 heavy (non-hydrogen) atoms. The zero-order chi connectivity index (χ0) is 15.4. The number of anilines is 1. The van der Waals surface area contributed by atoms with Crippen LogP contribution in [0.3, 0.4) is 0 Å². The van der Waals surface area contributed by atoms with Gasteiger partial charge in [-0.25, -0.2) is 4.79 Å². The number of fused-ring (bicyclic) bond motifs is 3. The van der Waals surface area contributed by atoms with Gasteiger partial charge in [-0.2, -0.15) is 0 Å². The number of likely N-dealkylation sites (tertiary alicyclic amines) is 1. The summed E-state index contributed by atoms with van der Waals surface area (Å²) in [5, 5.41) is 2.48. The Labute approximate surface area is 129 Å². The molecule has 5 nitrogen and oxygen atoms in total. The monoisotopic (exact) mass is 309 g/mol. The summed E-state index contributed by atoms with van der Waals surface area (Å²) in [6, 6.07) is 5.75. The highest BCUT2D eigenvalue weighted by Crippen LogP contribution is 2.53. The summed E-state index contributed by atoms with van der Waals surface area (Å²) in [5.74, 6) is 0.543. The minimum Gasteiger partial charge on any atom is -0.410 e. The molecule has 0 saturated carbocycles. The number of ether oxygens (including phenoxy) is 1. The number of nitrogens with zero attached hydrogens (tertiary/aromatic N) is 2. The maximum absolute atomic E-state index is 11.4. The standard InChI is InChI=1S/C15H20ClN3O2/c1-15-10-7-9(21-14(20)17-2)5-6-11(10)19(4)13(15)18(3)8-12(15)16/h5-7,12-13H,8H2,1-4H3,(H,17,20). The Balaban J connectivity index is 2.05. The SMILES string of the molecule is CNC(=O)Oc1ccc2c(c1)C1(C)C(Cl)CN(C)C1N2C. The number of amides is 1. The van der Waals surface area contributed by atoms with Crippen molar-refractivity contribution in [3.63, 3.8) is 0 Å². The van der Waals surface area contributed by atoms with E-state index in [4.69, 9.17) is 16.3 Å². The van der Waals surface area contributed by atoms with Gasteiger partial charge in [0.1, 0.15) is 5.75 Å². The predicted molar refractivity (Wildman–Crippen MR) is 83.3 cm³/mol. The fraction of sp³-hybridized carbons (Fsp3) is 0.533. The molecular weight excluding hydrogens is 290 g/mol. The van der Waals surface area contributed by atoms with E-state index in [1.54, 1.807) is 7.05 Å². The Bertz CT molecular complexity index is 594. The summed E-state index contributed by atoms with van der Waals surface area (Å²) in [6.45, 7) is 3.03. The molecule has 1 aromatic rings. The Morgan fingerprint density at radius 3 is 2.86 bits per heavy atom. The van der Waals surface area contributed by atoms with Gasteiger partial charge < -0.3 is 15.0 Å². The van der Waals surface area contributed by atoms with Crippen LogP contribution in [0, 0.1) is 0 Å². The summed E-state index contributed by atoms with van der Waals surface area (Å²) in [7, 11) is 5.72. The molecule has 2 heterocycles. The highest BCUT2D eigenvalue weighted by molar-refractivity contribution is 6.22. The molecule has 1 saturated heterocycles. The fourth-order valence-electron chi connectivity index (χ4n) is 3.78. The van der Waals surface area contributed by atoms with Gasteiger partial charge in [0.2, 0.25) is 0 Å². The number of hydrogen-bond acceptors (Lipinski definition) is 4. The van der Waals surface area contributed by atoms with Crippen molar-refractivity contribution in [2.75, 3.05) is 32.6 Å². The average molecular weight is 310 g/mol. The number of alkyl halides is 1. The zero-order valence-corrected chi connectivity index (χ0v) is 13.4. The molecule has 0 aliphatic carbocycles. The number of nitrogens with one attached hydrogen (secondary N) is 1. The molecular formula is C15H20ClN3O2. The lowest BCUT2D eigenvalue weighted by atomic mass is 9.81. The van der Waals surface area contributed by atoms with E-state index >= 15 is 0 Å². The minimum absolute atomic E-state index is 0.0199. The van der Waals surface area contributed by atoms with Crippen LogP contribution in [0.2, 0.25) is 0 Å². The molecule has 1 N–H and O–H groups in total. The number of halogens is 1. The van der Waals surface area contributed by atoms with Gasteiger partial charge in [-0.1, -0.05) is 6.92 Å². The van der Waals surface area contributed by atoms with Gasteiger partial charge in [0, 0.05) is 31.7 Å². The lowest BCUT2D eigenvalue weighted by Gasteiger charge is -2.33. The van der Waals surface area contributed by atoms with E-state index in [0.29, 0.717) is 5.75 Å². The predicted octanol–water partition coefficient (Wildman–Crippen LogP) is 1.99. The molecule has 0 radical (unpaired) electrons. The molecule has 0 spiro atoms. The van der Waals surface area contributed by atoms with E-state index in [9.17, 15) is 4.79 Å². The minimum atomic E-state index is -0.464. The van der Waals surface area contributed by atoms with Crippen LogP contribution in [0.4, 0.5) is 10.5 Å². The molecule has 3 rings (SSSR count). The summed E-state index contributed by atoms with van der Waals surface area (Å²) >= 11 is 6.64. The van der Waals surface area contributed by atoms with Gasteiger partial charge in [0.25, 0.3) is 0 Å². The third-order valence-corrected chi connectivity index (χ3v) is 5.35. The molecule has 114 valence electrons. The van der Waals surface area contributed by atoms with E-state index in [1.165, 1.54) is 0 Å². The van der Waals surface area contributed by atoms with Gasteiger partial charge in [-0.05, 0) is 30.8 Å². The van der Waals surface area contributed by atoms with Gasteiger partial charge in [0.05, 0.1) is 11.5 Å². The van der Waals surface area contributed by atoms with E-state index < -0.39 is 6.09 Å². The molecule has 0 aromatic heterocycles. The Hall–Kier alpha value is -1.46. The Kier molecular flexibility index (Phi) is 3.30. The van der Waals surface area contributed by atoms with Gasteiger partial charge in [0.15, 0.2) is 0 Å². The average Bonchev–Trinajstić information content (AvgIpc) is 2.81. The normalized spacial score (nSPS) is 31.0. The van der Waals surface area contributed by atoms with Crippen LogP contribution in [0.25, 0.3) is 0 Å². The highest BCUT2D eigenvalue weighted by atomic mass is 35.5. The second kappa shape index (κ2) is 4.78. The maximum Gasteiger partial charge on any atom is 0.412 e. The van der Waals surface area contributed by atoms with E-state index in [2.05, 4.69) is 36.1 Å². The van der Waals surface area contributed by atoms with Crippen molar-refractivity contribution in [1.82, 2.24) is 10.2 Å². The summed E-state index contributed by atoms with van der Waals surface area (Å²) in [6.07, 6.45) is -0.237. The smallest absolute Gasteiger partial charge is 0.410 e. The third-order valence-electron chi connectivity index (χ3n) is 4.76. The first-order valence-electron chi connectivity index (χ1n) is 7.00. The molecule has 1 amide bonds. The fourth-order valence-corrected chi connectivity index (χ4v) is 4.22. The number of carbonyl (C=O) groups is 1. The molecule has 3 unspecified atom stereocenters. The van der Waals surface area contributed by atoms with Crippen molar-refractivity contribution < 1.29 is 9.53 Å². The van der Waals surface area contributed by atoms with E-state index in [0.717, 1.165) is 17.8 Å². The number of hydrogen-bond donors (Lipinski definition) is 1. The van der Waals surface area contributed by atoms with Crippen LogP contribution in [0.15, 0.2) is 18.2 Å². The molecule has 2 aliphatic rings. The van der Waals surface area contributed by atoms with Crippen LogP contribution >= 0.6 is 11.6 Å². The van der Waals surface area contributed by atoms with Crippen LogP contribution in [-0.2, 0) is 5.41 Å². The molecule has 1 aromatic carbocycles. The van der Waals surface area contributed by atoms with Crippen molar-refractivity contribution in [2.24, 2.45) is 0 Å². The van der Waals surface area contributed by atoms with Crippen molar-refractivity contribution >= 4 is 23.4 Å². The van der Waals surface area contributed by atoms with E-state index in [-0.39, 0.29) is 17.0 Å². The van der Waals surface area contributed by atoms with E-state index in [1.807, 2.05) is 18.2 Å². The van der Waals surface area contributed by atoms with Crippen LogP contribution in [-0.4, -0.2) is 50.2 Å². The molecule has 2 aliphatic heterocycles. The van der Waals surface area contributed by atoms with Crippen LogP contribution < -0.4 is 15.0 Å². The molecule has 0 bridgehead atoms. The summed E-state index contributed by atoms with van der Waals surface area (Å²) in [4.78, 5) is 15.9. The highest BCUT2D eigenvalue weighted by Gasteiger charge is 2.57. The number of likely N-dealkylation sites (N-methyl/N-ethyl adjacent to an activating group) is 2. The quantitative estimate of drug-likeness (QED) is 0.806. The van der Waals surface area contributed by atoms with Crippen molar-refractivity contribution in [1.29, 1.82) is 0 Å². The molecule has 1 fully saturated rings. The molecule has 3 atom stereocenters. The van der Waals surface area contributed by atoms with Gasteiger partial charge >= 0.3 is 6.09 Å². The number of rotatable bonds is 1. The number of benzene rings is 1. The first-order chi connectivity index (χ1) is 9.89. The van der Waals surface area contributed by atoms with Crippen LogP contribution in [0.5, 0.6) is 5.75 Å². The van der Waals surface area contributed by atoms with Crippen molar-refractivity contribution in [3.05, 3.63) is 23.8 Å². The first kappa shape index (κ1) is 14.5. The Morgan fingerprint density at radius 2 is 2.19 bits per heavy atom. The van der Waals surface area contributed by atoms with Crippen molar-refractivity contribution in [2.45, 2.75) is 23.9 Å². The second-order valence-corrected chi connectivity index (χ2v) is 6.52. The topological polar surface area (TPSA) is 44.8 Å². The Morgan fingerprint density at radius 1 is 1.48 bits per heavy atom. The zero-order valence-electron chi connectivity index (χ0n) is 12.7. The molecule has 6 heteroatoms. The lowest BCUT2D eigenvalue weighted by Crippen LogP contribution is -2.46. The first-order valence-corrected chi connectivity index (χ1v) is 7.44. The third kappa shape index (κ3) is 1.91.